The van der Waals surface area contributed by atoms with Gasteiger partial charge in [-0.15, -0.1) is 0 Å². The number of aliphatic hydroxyl groups is 1. The molecule has 1 heterocycles. The highest BCUT2D eigenvalue weighted by Crippen LogP contribution is 2.17. The number of nitrogens with zero attached hydrogens (tertiary/aromatic N) is 2. The predicted octanol–water partition coefficient (Wildman–Crippen LogP) is 0.0700. The Morgan fingerprint density at radius 1 is 1.57 bits per heavy atom. The first kappa shape index (κ1) is 16.6. The van der Waals surface area contributed by atoms with Gasteiger partial charge in [-0.05, 0) is 6.42 Å². The van der Waals surface area contributed by atoms with Crippen LogP contribution in [0.1, 0.15) is 23.8 Å². The molecule has 0 saturated heterocycles. The van der Waals surface area contributed by atoms with Crippen molar-refractivity contribution in [2.24, 2.45) is 0 Å². The fourth-order valence-corrected chi connectivity index (χ4v) is 1.71. The summed E-state index contributed by atoms with van der Waals surface area (Å²) in [4.78, 5) is 33.1. The second kappa shape index (κ2) is 7.39. The third-order valence-corrected chi connectivity index (χ3v) is 2.72. The molecule has 0 saturated carbocycles. The Morgan fingerprint density at radius 3 is 2.76 bits per heavy atom. The molecule has 21 heavy (non-hydrogen) atoms. The van der Waals surface area contributed by atoms with E-state index in [0.717, 1.165) is 13.2 Å². The monoisotopic (exact) mass is 299 g/mol. The number of esters is 1. The Hall–Kier alpha value is -2.42. The number of aromatic nitrogens is 1. The molecule has 0 aromatic carbocycles. The predicted molar refractivity (Wildman–Crippen MR) is 71.7 cm³/mol. The molecule has 9 heteroatoms. The van der Waals surface area contributed by atoms with Crippen LogP contribution in [0.4, 0.5) is 5.69 Å². The van der Waals surface area contributed by atoms with E-state index in [0.29, 0.717) is 13.0 Å². The third-order valence-electron chi connectivity index (χ3n) is 2.72. The van der Waals surface area contributed by atoms with Crippen LogP contribution in [0.15, 0.2) is 12.3 Å². The van der Waals surface area contributed by atoms with Gasteiger partial charge >= 0.3 is 5.97 Å². The quantitative estimate of drug-likeness (QED) is 0.417. The highest BCUT2D eigenvalue weighted by molar-refractivity contribution is 5.93. The molecule has 1 aromatic rings. The number of hydrogen-bond donors (Lipinski definition) is 2. The SMILES string of the molecule is CCCn1cc([N+](=O)[O-])cc1C(=O)NCC(O)C(=O)OC. The highest BCUT2D eigenvalue weighted by Gasteiger charge is 2.21. The zero-order valence-electron chi connectivity index (χ0n) is 11.7. The summed E-state index contributed by atoms with van der Waals surface area (Å²) in [7, 11) is 1.11. The zero-order valence-corrected chi connectivity index (χ0v) is 11.7. The molecule has 116 valence electrons. The summed E-state index contributed by atoms with van der Waals surface area (Å²) in [6, 6.07) is 1.15. The van der Waals surface area contributed by atoms with Crippen molar-refractivity contribution in [3.05, 3.63) is 28.1 Å². The number of nitro groups is 1. The summed E-state index contributed by atoms with van der Waals surface area (Å²) in [6.45, 7) is 1.97. The molecule has 0 spiro atoms. The Morgan fingerprint density at radius 2 is 2.24 bits per heavy atom. The van der Waals surface area contributed by atoms with Gasteiger partial charge in [0.2, 0.25) is 0 Å². The molecule has 1 unspecified atom stereocenters. The summed E-state index contributed by atoms with van der Waals surface area (Å²) in [6.07, 6.45) is 0.481. The normalized spacial score (nSPS) is 11.8. The molecule has 1 aromatic heterocycles. The van der Waals surface area contributed by atoms with Crippen molar-refractivity contribution in [3.8, 4) is 0 Å². The number of aliphatic hydroxyl groups excluding tert-OH is 1. The number of rotatable bonds is 7. The molecule has 1 amide bonds. The van der Waals surface area contributed by atoms with E-state index >= 15 is 0 Å². The molecule has 0 fully saturated rings. The van der Waals surface area contributed by atoms with Gasteiger partial charge in [-0.2, -0.15) is 0 Å². The number of nitrogens with one attached hydrogen (secondary N) is 1. The van der Waals surface area contributed by atoms with E-state index in [1.54, 1.807) is 0 Å². The molecule has 0 aliphatic heterocycles. The lowest BCUT2D eigenvalue weighted by Gasteiger charge is -2.11. The molecule has 0 aliphatic carbocycles. The lowest BCUT2D eigenvalue weighted by Crippen LogP contribution is -2.37. The second-order valence-electron chi connectivity index (χ2n) is 4.28. The van der Waals surface area contributed by atoms with Gasteiger partial charge in [-0.25, -0.2) is 4.79 Å². The number of carbonyl (C=O) groups is 2. The van der Waals surface area contributed by atoms with Gasteiger partial charge in [0.15, 0.2) is 6.10 Å². The number of aryl methyl sites for hydroxylation is 1. The number of amides is 1. The van der Waals surface area contributed by atoms with Crippen LogP contribution in [0, 0.1) is 10.1 Å². The minimum Gasteiger partial charge on any atom is -0.467 e. The highest BCUT2D eigenvalue weighted by atomic mass is 16.6. The standard InChI is InChI=1S/C12H17N3O6/c1-3-4-14-7-8(15(19)20)5-9(14)11(17)13-6-10(16)12(18)21-2/h5,7,10,16H,3-4,6H2,1-2H3,(H,13,17). The largest absolute Gasteiger partial charge is 0.467 e. The van der Waals surface area contributed by atoms with Crippen molar-refractivity contribution < 1.29 is 24.4 Å². The minimum absolute atomic E-state index is 0.0978. The summed E-state index contributed by atoms with van der Waals surface area (Å²) in [5.41, 5.74) is -0.0947. The number of ether oxygens (including phenoxy) is 1. The summed E-state index contributed by atoms with van der Waals surface area (Å²) >= 11 is 0. The Bertz CT molecular complexity index is 539. The average Bonchev–Trinajstić information content (AvgIpc) is 2.88. The summed E-state index contributed by atoms with van der Waals surface area (Å²) < 4.78 is 5.77. The fraction of sp³-hybridized carbons (Fsp3) is 0.500. The molecule has 0 radical (unpaired) electrons. The average molecular weight is 299 g/mol. The molecule has 1 atom stereocenters. The van der Waals surface area contributed by atoms with E-state index in [-0.39, 0.29) is 17.9 Å². The molecule has 0 bridgehead atoms. The lowest BCUT2D eigenvalue weighted by molar-refractivity contribution is -0.384. The van der Waals surface area contributed by atoms with Crippen molar-refractivity contribution in [2.75, 3.05) is 13.7 Å². The van der Waals surface area contributed by atoms with Gasteiger partial charge < -0.3 is 19.7 Å². The van der Waals surface area contributed by atoms with Crippen LogP contribution in [0.25, 0.3) is 0 Å². The fourth-order valence-electron chi connectivity index (χ4n) is 1.71. The summed E-state index contributed by atoms with van der Waals surface area (Å²) in [5, 5.41) is 22.5. The van der Waals surface area contributed by atoms with E-state index in [9.17, 15) is 24.8 Å². The van der Waals surface area contributed by atoms with E-state index in [1.807, 2.05) is 6.92 Å². The number of methoxy groups -OCH3 is 1. The van der Waals surface area contributed by atoms with Crippen LogP contribution in [-0.4, -0.2) is 46.2 Å². The molecular weight excluding hydrogens is 282 g/mol. The van der Waals surface area contributed by atoms with Crippen LogP contribution >= 0.6 is 0 Å². The number of carbonyl (C=O) groups excluding carboxylic acids is 2. The maximum Gasteiger partial charge on any atom is 0.336 e. The second-order valence-corrected chi connectivity index (χ2v) is 4.28. The van der Waals surface area contributed by atoms with Gasteiger partial charge in [0, 0.05) is 12.6 Å². The van der Waals surface area contributed by atoms with E-state index in [1.165, 1.54) is 10.8 Å². The van der Waals surface area contributed by atoms with Gasteiger partial charge in [-0.3, -0.25) is 14.9 Å². The van der Waals surface area contributed by atoms with Crippen molar-refractivity contribution >= 4 is 17.6 Å². The van der Waals surface area contributed by atoms with Crippen LogP contribution in [0.5, 0.6) is 0 Å². The molecular formula is C12H17N3O6. The van der Waals surface area contributed by atoms with Crippen LogP contribution in [0.2, 0.25) is 0 Å². The van der Waals surface area contributed by atoms with E-state index < -0.39 is 22.9 Å². The van der Waals surface area contributed by atoms with E-state index in [4.69, 9.17) is 0 Å². The topological polar surface area (TPSA) is 124 Å². The van der Waals surface area contributed by atoms with Gasteiger partial charge in [-0.1, -0.05) is 6.92 Å². The molecule has 9 nitrogen and oxygen atoms in total. The van der Waals surface area contributed by atoms with Crippen LogP contribution in [0.3, 0.4) is 0 Å². The van der Waals surface area contributed by atoms with Crippen molar-refractivity contribution in [2.45, 2.75) is 26.0 Å². The third kappa shape index (κ3) is 4.28. The molecule has 1 rings (SSSR count). The number of hydrogen-bond acceptors (Lipinski definition) is 6. The first-order chi connectivity index (χ1) is 9.90. The summed E-state index contributed by atoms with van der Waals surface area (Å²) in [5.74, 6) is -1.48. The maximum atomic E-state index is 12.0. The van der Waals surface area contributed by atoms with Crippen molar-refractivity contribution in [1.82, 2.24) is 9.88 Å². The molecule has 2 N–H and O–H groups in total. The first-order valence-corrected chi connectivity index (χ1v) is 6.29. The van der Waals surface area contributed by atoms with E-state index in [2.05, 4.69) is 10.1 Å². The van der Waals surface area contributed by atoms with Crippen molar-refractivity contribution in [1.29, 1.82) is 0 Å². The Labute approximate surface area is 120 Å². The Balaban J connectivity index is 2.81. The minimum atomic E-state index is -1.48. The maximum absolute atomic E-state index is 12.0. The van der Waals surface area contributed by atoms with Gasteiger partial charge in [0.1, 0.15) is 5.69 Å². The zero-order chi connectivity index (χ0) is 16.0. The van der Waals surface area contributed by atoms with Crippen LogP contribution < -0.4 is 5.32 Å². The Kier molecular flexibility index (Phi) is 5.85. The van der Waals surface area contributed by atoms with Gasteiger partial charge in [0.25, 0.3) is 11.6 Å². The van der Waals surface area contributed by atoms with Crippen LogP contribution in [-0.2, 0) is 16.1 Å². The lowest BCUT2D eigenvalue weighted by atomic mass is 10.3. The molecule has 0 aliphatic rings. The van der Waals surface area contributed by atoms with Crippen molar-refractivity contribution in [3.63, 3.8) is 0 Å². The van der Waals surface area contributed by atoms with Gasteiger partial charge in [0.05, 0.1) is 24.8 Å². The first-order valence-electron chi connectivity index (χ1n) is 6.29. The smallest absolute Gasteiger partial charge is 0.336 e.